The maximum Gasteiger partial charge on any atom is 0.254 e. The number of halogens is 2. The van der Waals surface area contributed by atoms with Crippen molar-refractivity contribution < 1.29 is 9.18 Å². The van der Waals surface area contributed by atoms with Crippen LogP contribution in [0.5, 0.6) is 0 Å². The van der Waals surface area contributed by atoms with Crippen LogP contribution in [0.4, 0.5) is 4.39 Å². The van der Waals surface area contributed by atoms with Crippen molar-refractivity contribution in [3.8, 4) is 12.3 Å². The summed E-state index contributed by atoms with van der Waals surface area (Å²) >= 11 is 5.71. The van der Waals surface area contributed by atoms with Crippen molar-refractivity contribution in [1.82, 2.24) is 5.32 Å². The van der Waals surface area contributed by atoms with Gasteiger partial charge >= 0.3 is 0 Å². The summed E-state index contributed by atoms with van der Waals surface area (Å²) in [6.45, 7) is 1.90. The van der Waals surface area contributed by atoms with E-state index < -0.39 is 11.7 Å². The predicted octanol–water partition coefficient (Wildman–Crippen LogP) is 3.01. The molecule has 2 nitrogen and oxygen atoms in total. The topological polar surface area (TPSA) is 29.1 Å². The molecular formula is C13H13ClFNO. The van der Waals surface area contributed by atoms with E-state index >= 15 is 0 Å². The number of hydrogen-bond donors (Lipinski definition) is 1. The molecule has 0 saturated carbocycles. The van der Waals surface area contributed by atoms with Crippen LogP contribution < -0.4 is 5.32 Å². The van der Waals surface area contributed by atoms with E-state index in [4.69, 9.17) is 18.0 Å². The van der Waals surface area contributed by atoms with Gasteiger partial charge in [-0.25, -0.2) is 4.39 Å². The maximum absolute atomic E-state index is 13.4. The fourth-order valence-electron chi connectivity index (χ4n) is 1.37. The molecule has 0 aliphatic heterocycles. The highest BCUT2D eigenvalue weighted by Crippen LogP contribution is 2.15. The molecule has 0 spiro atoms. The number of carbonyl (C=O) groups excluding carboxylic acids is 1. The van der Waals surface area contributed by atoms with Crippen LogP contribution >= 0.6 is 11.6 Å². The molecule has 0 saturated heterocycles. The minimum absolute atomic E-state index is 0.0621. The average Bonchev–Trinajstić information content (AvgIpc) is 2.31. The monoisotopic (exact) mass is 253 g/mol. The summed E-state index contributed by atoms with van der Waals surface area (Å²) in [6.07, 6.45) is 6.29. The van der Waals surface area contributed by atoms with Crippen molar-refractivity contribution >= 4 is 17.5 Å². The number of nitrogens with one attached hydrogen (secondary N) is 1. The van der Waals surface area contributed by atoms with Gasteiger partial charge in [-0.05, 0) is 24.6 Å². The predicted molar refractivity (Wildman–Crippen MR) is 66.4 cm³/mol. The lowest BCUT2D eigenvalue weighted by molar-refractivity contribution is 0.0932. The molecule has 1 unspecified atom stereocenters. The number of carbonyl (C=O) groups is 1. The smallest absolute Gasteiger partial charge is 0.254 e. The molecule has 1 rings (SSSR count). The molecule has 1 amide bonds. The second-order valence-electron chi connectivity index (χ2n) is 3.61. The Hall–Kier alpha value is -1.53. The van der Waals surface area contributed by atoms with Gasteiger partial charge in [-0.3, -0.25) is 4.79 Å². The van der Waals surface area contributed by atoms with E-state index in [1.165, 1.54) is 18.2 Å². The van der Waals surface area contributed by atoms with Crippen molar-refractivity contribution in [3.05, 3.63) is 34.6 Å². The van der Waals surface area contributed by atoms with Crippen LogP contribution in [0.1, 0.15) is 30.1 Å². The summed E-state index contributed by atoms with van der Waals surface area (Å²) in [7, 11) is 0. The van der Waals surface area contributed by atoms with Crippen LogP contribution in [-0.4, -0.2) is 11.9 Å². The summed E-state index contributed by atoms with van der Waals surface area (Å²) in [5, 5.41) is 2.99. The highest BCUT2D eigenvalue weighted by atomic mass is 35.5. The largest absolute Gasteiger partial charge is 0.348 e. The average molecular weight is 254 g/mol. The van der Waals surface area contributed by atoms with Gasteiger partial charge in [0.15, 0.2) is 0 Å². The summed E-state index contributed by atoms with van der Waals surface area (Å²) in [4.78, 5) is 11.8. The van der Waals surface area contributed by atoms with E-state index in [1.807, 2.05) is 6.92 Å². The molecule has 1 atom stereocenters. The number of benzene rings is 1. The van der Waals surface area contributed by atoms with E-state index in [0.29, 0.717) is 17.9 Å². The zero-order valence-corrected chi connectivity index (χ0v) is 10.2. The second kappa shape index (κ2) is 6.27. The van der Waals surface area contributed by atoms with E-state index in [-0.39, 0.29) is 11.6 Å². The van der Waals surface area contributed by atoms with Gasteiger partial charge in [0.25, 0.3) is 5.91 Å². The Morgan fingerprint density at radius 1 is 1.65 bits per heavy atom. The molecule has 1 aromatic carbocycles. The lowest BCUT2D eigenvalue weighted by Crippen LogP contribution is -2.34. The normalized spacial score (nSPS) is 11.6. The Kier molecular flexibility index (Phi) is 4.99. The molecule has 0 radical (unpaired) electrons. The summed E-state index contributed by atoms with van der Waals surface area (Å²) in [5.41, 5.74) is -0.0621. The quantitative estimate of drug-likeness (QED) is 0.821. The van der Waals surface area contributed by atoms with Crippen LogP contribution in [-0.2, 0) is 0 Å². The van der Waals surface area contributed by atoms with Gasteiger partial charge in [0.05, 0.1) is 5.56 Å². The first-order valence-electron chi connectivity index (χ1n) is 5.27. The van der Waals surface area contributed by atoms with Gasteiger partial charge in [-0.2, -0.15) is 0 Å². The highest BCUT2D eigenvalue weighted by molar-refractivity contribution is 6.31. The Morgan fingerprint density at radius 3 is 2.94 bits per heavy atom. The number of terminal acetylenes is 1. The molecule has 1 N–H and O–H groups in total. The van der Waals surface area contributed by atoms with Crippen LogP contribution in [0.25, 0.3) is 0 Å². The highest BCUT2D eigenvalue weighted by Gasteiger charge is 2.15. The lowest BCUT2D eigenvalue weighted by Gasteiger charge is -2.14. The van der Waals surface area contributed by atoms with E-state index in [1.54, 1.807) is 0 Å². The molecule has 90 valence electrons. The molecule has 4 heteroatoms. The second-order valence-corrected chi connectivity index (χ2v) is 4.05. The van der Waals surface area contributed by atoms with Gasteiger partial charge < -0.3 is 5.32 Å². The third-order valence-electron chi connectivity index (χ3n) is 2.37. The fraction of sp³-hybridized carbons (Fsp3) is 0.308. The van der Waals surface area contributed by atoms with Gasteiger partial charge in [0.2, 0.25) is 0 Å². The Bertz CT molecular complexity index is 453. The molecule has 0 aromatic heterocycles. The van der Waals surface area contributed by atoms with Crippen molar-refractivity contribution in [2.24, 2.45) is 0 Å². The molecule has 0 bridgehead atoms. The standard InChI is InChI=1S/C13H13ClFNO/c1-3-5-10(4-2)16-13(17)11-8-9(14)6-7-12(11)15/h1,6-8,10H,4-5H2,2H3,(H,16,17). The first-order valence-corrected chi connectivity index (χ1v) is 5.65. The van der Waals surface area contributed by atoms with Crippen molar-refractivity contribution in [2.45, 2.75) is 25.8 Å². The first-order chi connectivity index (χ1) is 8.08. The molecule has 0 heterocycles. The number of hydrogen-bond acceptors (Lipinski definition) is 1. The first kappa shape index (κ1) is 13.5. The van der Waals surface area contributed by atoms with Gasteiger partial charge in [0, 0.05) is 17.5 Å². The number of amides is 1. The Balaban J connectivity index is 2.82. The van der Waals surface area contributed by atoms with E-state index in [9.17, 15) is 9.18 Å². The van der Waals surface area contributed by atoms with Gasteiger partial charge in [-0.1, -0.05) is 18.5 Å². The van der Waals surface area contributed by atoms with Crippen LogP contribution in [0, 0.1) is 18.2 Å². The SMILES string of the molecule is C#CCC(CC)NC(=O)c1cc(Cl)ccc1F. The molecule has 0 fully saturated rings. The zero-order chi connectivity index (χ0) is 12.8. The van der Waals surface area contributed by atoms with Crippen LogP contribution in [0.15, 0.2) is 18.2 Å². The molecule has 0 aliphatic rings. The van der Waals surface area contributed by atoms with E-state index in [2.05, 4.69) is 11.2 Å². The Labute approximate surface area is 105 Å². The summed E-state index contributed by atoms with van der Waals surface area (Å²) in [5.74, 6) is 1.38. The van der Waals surface area contributed by atoms with Crippen molar-refractivity contribution in [1.29, 1.82) is 0 Å². The summed E-state index contributed by atoms with van der Waals surface area (Å²) < 4.78 is 13.4. The zero-order valence-electron chi connectivity index (χ0n) is 9.47. The molecule has 17 heavy (non-hydrogen) atoms. The molecular weight excluding hydrogens is 241 g/mol. The van der Waals surface area contributed by atoms with Crippen LogP contribution in [0.2, 0.25) is 5.02 Å². The van der Waals surface area contributed by atoms with Crippen molar-refractivity contribution in [2.75, 3.05) is 0 Å². The third-order valence-corrected chi connectivity index (χ3v) is 2.60. The van der Waals surface area contributed by atoms with Crippen LogP contribution in [0.3, 0.4) is 0 Å². The van der Waals surface area contributed by atoms with Gasteiger partial charge in [-0.15, -0.1) is 12.3 Å². The molecule has 0 aliphatic carbocycles. The third kappa shape index (κ3) is 3.76. The minimum Gasteiger partial charge on any atom is -0.348 e. The summed E-state index contributed by atoms with van der Waals surface area (Å²) in [6, 6.07) is 3.71. The molecule has 1 aromatic rings. The lowest BCUT2D eigenvalue weighted by atomic mass is 10.1. The van der Waals surface area contributed by atoms with E-state index in [0.717, 1.165) is 0 Å². The number of rotatable bonds is 4. The Morgan fingerprint density at radius 2 is 2.35 bits per heavy atom. The van der Waals surface area contributed by atoms with Crippen molar-refractivity contribution in [3.63, 3.8) is 0 Å². The van der Waals surface area contributed by atoms with Gasteiger partial charge in [0.1, 0.15) is 5.82 Å². The fourth-order valence-corrected chi connectivity index (χ4v) is 1.55. The maximum atomic E-state index is 13.4. The minimum atomic E-state index is -0.595.